The Balaban J connectivity index is 1.96. The van der Waals surface area contributed by atoms with Gasteiger partial charge in [0.25, 0.3) is 0 Å². The molecule has 1 saturated carbocycles. The van der Waals surface area contributed by atoms with Crippen molar-refractivity contribution in [2.45, 2.75) is 51.1 Å². The first-order valence-electron chi connectivity index (χ1n) is 7.04. The highest BCUT2D eigenvalue weighted by atomic mass is 35.5. The Morgan fingerprint density at radius 3 is 3.16 bits per heavy atom. The van der Waals surface area contributed by atoms with Crippen LogP contribution in [0, 0.1) is 17.2 Å². The van der Waals surface area contributed by atoms with Gasteiger partial charge < -0.3 is 0 Å². The molecule has 0 bridgehead atoms. The third-order valence-corrected chi connectivity index (χ3v) is 4.21. The van der Waals surface area contributed by atoms with E-state index in [0.717, 1.165) is 45.2 Å². The molecule has 0 aliphatic heterocycles. The van der Waals surface area contributed by atoms with Crippen molar-refractivity contribution in [3.8, 4) is 6.07 Å². The van der Waals surface area contributed by atoms with Crippen molar-refractivity contribution >= 4 is 11.6 Å². The van der Waals surface area contributed by atoms with Crippen LogP contribution in [0.4, 0.5) is 0 Å². The average molecular weight is 281 g/mol. The Kier molecular flexibility index (Phi) is 4.84. The zero-order valence-corrected chi connectivity index (χ0v) is 12.2. The number of halogens is 1. The third-order valence-electron chi connectivity index (χ3n) is 4.02. The Morgan fingerprint density at radius 1 is 1.68 bits per heavy atom. The second-order valence-electron chi connectivity index (χ2n) is 5.31. The molecule has 2 rings (SSSR count). The van der Waals surface area contributed by atoms with Gasteiger partial charge in [0.15, 0.2) is 0 Å². The number of aryl methyl sites for hydroxylation is 1. The molecular formula is C14H21ClN4. The summed E-state index contributed by atoms with van der Waals surface area (Å²) in [6.07, 6.45) is 8.75. The summed E-state index contributed by atoms with van der Waals surface area (Å²) in [5.41, 5.74) is -0.326. The Morgan fingerprint density at radius 2 is 2.53 bits per heavy atom. The van der Waals surface area contributed by atoms with Crippen molar-refractivity contribution < 1.29 is 0 Å². The van der Waals surface area contributed by atoms with Crippen LogP contribution in [-0.4, -0.2) is 21.9 Å². The number of aromatic nitrogens is 2. The lowest BCUT2D eigenvalue weighted by Gasteiger charge is -2.30. The van der Waals surface area contributed by atoms with Gasteiger partial charge in [0, 0.05) is 12.7 Å². The average Bonchev–Trinajstić information content (AvgIpc) is 3.01. The van der Waals surface area contributed by atoms with E-state index < -0.39 is 0 Å². The van der Waals surface area contributed by atoms with Crippen LogP contribution in [0.2, 0.25) is 5.02 Å². The maximum atomic E-state index is 9.56. The summed E-state index contributed by atoms with van der Waals surface area (Å²) in [5.74, 6) is 0.409. The van der Waals surface area contributed by atoms with E-state index in [1.165, 1.54) is 0 Å². The number of nitrogens with zero attached hydrogens (tertiary/aromatic N) is 3. The summed E-state index contributed by atoms with van der Waals surface area (Å²) in [7, 11) is 0. The molecule has 1 fully saturated rings. The zero-order valence-electron chi connectivity index (χ0n) is 11.4. The van der Waals surface area contributed by atoms with Gasteiger partial charge in [-0.05, 0) is 38.1 Å². The molecule has 1 aromatic rings. The van der Waals surface area contributed by atoms with Gasteiger partial charge in [0.05, 0.1) is 17.3 Å². The molecule has 1 aliphatic rings. The van der Waals surface area contributed by atoms with E-state index in [0.29, 0.717) is 10.9 Å². The molecule has 19 heavy (non-hydrogen) atoms. The van der Waals surface area contributed by atoms with Crippen LogP contribution in [0.1, 0.15) is 39.0 Å². The highest BCUT2D eigenvalue weighted by Crippen LogP contribution is 2.37. The molecule has 1 aromatic heterocycles. The molecule has 0 aromatic carbocycles. The van der Waals surface area contributed by atoms with Crippen LogP contribution in [0.15, 0.2) is 12.4 Å². The minimum absolute atomic E-state index is 0.326. The molecule has 5 heteroatoms. The van der Waals surface area contributed by atoms with Crippen molar-refractivity contribution in [3.05, 3.63) is 17.4 Å². The first-order valence-corrected chi connectivity index (χ1v) is 7.42. The molecule has 2 atom stereocenters. The van der Waals surface area contributed by atoms with Crippen LogP contribution in [0.3, 0.4) is 0 Å². The van der Waals surface area contributed by atoms with E-state index in [2.05, 4.69) is 23.4 Å². The second-order valence-corrected chi connectivity index (χ2v) is 5.75. The van der Waals surface area contributed by atoms with Crippen molar-refractivity contribution in [3.63, 3.8) is 0 Å². The zero-order chi connectivity index (χ0) is 13.7. The Bertz CT molecular complexity index is 451. The van der Waals surface area contributed by atoms with Gasteiger partial charge in [-0.3, -0.25) is 10.00 Å². The SMILES string of the molecule is CCCNC1(C#N)CCCC1CCn1cc(Cl)cn1. The predicted molar refractivity (Wildman–Crippen MR) is 75.8 cm³/mol. The molecule has 4 nitrogen and oxygen atoms in total. The fraction of sp³-hybridized carbons (Fsp3) is 0.714. The van der Waals surface area contributed by atoms with Crippen LogP contribution in [0.5, 0.6) is 0 Å². The lowest BCUT2D eigenvalue weighted by molar-refractivity contribution is 0.287. The summed E-state index contributed by atoms with van der Waals surface area (Å²) >= 11 is 5.86. The van der Waals surface area contributed by atoms with E-state index in [1.807, 2.05) is 10.9 Å². The van der Waals surface area contributed by atoms with Gasteiger partial charge in [-0.15, -0.1) is 0 Å². The van der Waals surface area contributed by atoms with Crippen LogP contribution >= 0.6 is 11.6 Å². The molecule has 2 unspecified atom stereocenters. The summed E-state index contributed by atoms with van der Waals surface area (Å²) in [6, 6.07) is 2.54. The van der Waals surface area contributed by atoms with Gasteiger partial charge in [0.1, 0.15) is 5.54 Å². The molecule has 1 N–H and O–H groups in total. The monoisotopic (exact) mass is 280 g/mol. The summed E-state index contributed by atoms with van der Waals surface area (Å²) in [4.78, 5) is 0. The molecule has 104 valence electrons. The third kappa shape index (κ3) is 3.29. The first kappa shape index (κ1) is 14.4. The van der Waals surface area contributed by atoms with E-state index in [9.17, 15) is 5.26 Å². The highest BCUT2D eigenvalue weighted by Gasteiger charge is 2.42. The highest BCUT2D eigenvalue weighted by molar-refractivity contribution is 6.30. The van der Waals surface area contributed by atoms with Gasteiger partial charge in [0.2, 0.25) is 0 Å². The first-order chi connectivity index (χ1) is 9.20. The van der Waals surface area contributed by atoms with Gasteiger partial charge in [-0.2, -0.15) is 10.4 Å². The number of hydrogen-bond acceptors (Lipinski definition) is 3. The summed E-state index contributed by atoms with van der Waals surface area (Å²) in [6.45, 7) is 3.88. The molecule has 1 aliphatic carbocycles. The van der Waals surface area contributed by atoms with E-state index in [-0.39, 0.29) is 5.54 Å². The van der Waals surface area contributed by atoms with E-state index >= 15 is 0 Å². The van der Waals surface area contributed by atoms with Crippen LogP contribution < -0.4 is 5.32 Å². The van der Waals surface area contributed by atoms with E-state index in [4.69, 9.17) is 11.6 Å². The fourth-order valence-electron chi connectivity index (χ4n) is 2.98. The molecule has 0 amide bonds. The van der Waals surface area contributed by atoms with Crippen molar-refractivity contribution in [1.82, 2.24) is 15.1 Å². The molecular weight excluding hydrogens is 260 g/mol. The number of nitrogens with one attached hydrogen (secondary N) is 1. The number of hydrogen-bond donors (Lipinski definition) is 1. The largest absolute Gasteiger partial charge is 0.299 e. The van der Waals surface area contributed by atoms with Crippen LogP contribution in [0.25, 0.3) is 0 Å². The Hall–Kier alpha value is -1.05. The van der Waals surface area contributed by atoms with Gasteiger partial charge in [-0.1, -0.05) is 24.9 Å². The fourth-order valence-corrected chi connectivity index (χ4v) is 3.14. The lowest BCUT2D eigenvalue weighted by atomic mass is 9.85. The van der Waals surface area contributed by atoms with Crippen LogP contribution in [-0.2, 0) is 6.54 Å². The topological polar surface area (TPSA) is 53.6 Å². The molecule has 1 heterocycles. The normalized spacial score (nSPS) is 26.5. The molecule has 0 radical (unpaired) electrons. The minimum Gasteiger partial charge on any atom is -0.299 e. The quantitative estimate of drug-likeness (QED) is 0.871. The second kappa shape index (κ2) is 6.40. The smallest absolute Gasteiger partial charge is 0.109 e. The number of nitriles is 1. The molecule has 0 saturated heterocycles. The predicted octanol–water partition coefficient (Wildman–Crippen LogP) is 2.99. The van der Waals surface area contributed by atoms with Gasteiger partial charge >= 0.3 is 0 Å². The maximum absolute atomic E-state index is 9.56. The van der Waals surface area contributed by atoms with Crippen molar-refractivity contribution in [2.75, 3.05) is 6.54 Å². The maximum Gasteiger partial charge on any atom is 0.109 e. The van der Waals surface area contributed by atoms with Crippen molar-refractivity contribution in [2.24, 2.45) is 5.92 Å². The lowest BCUT2D eigenvalue weighted by Crippen LogP contribution is -2.47. The Labute approximate surface area is 119 Å². The molecule has 0 spiro atoms. The minimum atomic E-state index is -0.326. The standard InChI is InChI=1S/C14H21ClN4/c1-2-7-17-14(11-16)6-3-4-12(14)5-8-19-10-13(15)9-18-19/h9-10,12,17H,2-8H2,1H3. The number of rotatable bonds is 6. The van der Waals surface area contributed by atoms with E-state index in [1.54, 1.807) is 6.20 Å². The van der Waals surface area contributed by atoms with Crippen molar-refractivity contribution in [1.29, 1.82) is 5.26 Å². The summed E-state index contributed by atoms with van der Waals surface area (Å²) < 4.78 is 1.86. The van der Waals surface area contributed by atoms with Gasteiger partial charge in [-0.25, -0.2) is 0 Å². The summed E-state index contributed by atoms with van der Waals surface area (Å²) in [5, 5.41) is 17.9.